The molecule has 7 heteroatoms. The summed E-state index contributed by atoms with van der Waals surface area (Å²) in [5, 5.41) is 2.81. The van der Waals surface area contributed by atoms with E-state index in [0.717, 1.165) is 0 Å². The number of carbonyl (C=O) groups excluding carboxylic acids is 1. The zero-order valence-electron chi connectivity index (χ0n) is 10.6. The monoisotopic (exact) mass is 312 g/mol. The van der Waals surface area contributed by atoms with Crippen LogP contribution in [-0.4, -0.2) is 12.5 Å². The molecule has 0 aromatic heterocycles. The average molecular weight is 313 g/mol. The second-order valence-corrected chi connectivity index (χ2v) is 4.47. The Hall–Kier alpha value is -2.34. The number of halogens is 3. The fourth-order valence-corrected chi connectivity index (χ4v) is 1.77. The van der Waals surface area contributed by atoms with Gasteiger partial charge in [0.2, 0.25) is 0 Å². The number of amides is 1. The van der Waals surface area contributed by atoms with Crippen molar-refractivity contribution >= 4 is 28.9 Å². The number of benzene rings is 2. The molecule has 0 radical (unpaired) electrons. The van der Waals surface area contributed by atoms with E-state index in [1.165, 1.54) is 36.4 Å². The molecule has 0 bridgehead atoms. The first-order valence-electron chi connectivity index (χ1n) is 5.87. The minimum Gasteiger partial charge on any atom is -0.433 e. The Bertz CT molecular complexity index is 665. The van der Waals surface area contributed by atoms with Crippen LogP contribution in [0.15, 0.2) is 42.5 Å². The van der Waals surface area contributed by atoms with Crippen LogP contribution < -0.4 is 15.8 Å². The van der Waals surface area contributed by atoms with Gasteiger partial charge in [-0.15, -0.1) is 0 Å². The molecule has 3 N–H and O–H groups in total. The third-order valence-corrected chi connectivity index (χ3v) is 2.95. The summed E-state index contributed by atoms with van der Waals surface area (Å²) in [7, 11) is 0. The van der Waals surface area contributed by atoms with Gasteiger partial charge in [0.05, 0.1) is 16.4 Å². The van der Waals surface area contributed by atoms with E-state index < -0.39 is 12.5 Å². The van der Waals surface area contributed by atoms with E-state index >= 15 is 0 Å². The van der Waals surface area contributed by atoms with Crippen LogP contribution in [0.3, 0.4) is 0 Å². The number of rotatable bonds is 4. The highest BCUT2D eigenvalue weighted by molar-refractivity contribution is 6.33. The molecular formula is C14H11ClF2N2O2. The zero-order valence-corrected chi connectivity index (χ0v) is 11.4. The molecule has 0 saturated carbocycles. The highest BCUT2D eigenvalue weighted by Gasteiger charge is 2.13. The van der Waals surface area contributed by atoms with E-state index in [-0.39, 0.29) is 22.7 Å². The molecule has 4 nitrogen and oxygen atoms in total. The fraction of sp³-hybridized carbons (Fsp3) is 0.0714. The summed E-state index contributed by atoms with van der Waals surface area (Å²) >= 11 is 5.77. The van der Waals surface area contributed by atoms with Crippen molar-refractivity contribution in [3.8, 4) is 5.75 Å². The van der Waals surface area contributed by atoms with Gasteiger partial charge in [0.1, 0.15) is 5.75 Å². The molecule has 2 aromatic rings. The van der Waals surface area contributed by atoms with Gasteiger partial charge >= 0.3 is 6.61 Å². The molecule has 0 aliphatic carbocycles. The van der Waals surface area contributed by atoms with E-state index in [2.05, 4.69) is 10.1 Å². The number of hydrogen-bond donors (Lipinski definition) is 2. The lowest BCUT2D eigenvalue weighted by Gasteiger charge is -2.12. The maximum Gasteiger partial charge on any atom is 0.387 e. The van der Waals surface area contributed by atoms with Crippen LogP contribution in [0, 0.1) is 0 Å². The first-order chi connectivity index (χ1) is 9.97. The van der Waals surface area contributed by atoms with Crippen LogP contribution in [-0.2, 0) is 0 Å². The highest BCUT2D eigenvalue weighted by Crippen LogP contribution is 2.26. The fourth-order valence-electron chi connectivity index (χ4n) is 1.65. The first kappa shape index (κ1) is 15.1. The summed E-state index contributed by atoms with van der Waals surface area (Å²) in [5.41, 5.74) is 6.25. The molecule has 0 spiro atoms. The van der Waals surface area contributed by atoms with Crippen molar-refractivity contribution in [1.29, 1.82) is 0 Å². The van der Waals surface area contributed by atoms with E-state index in [0.29, 0.717) is 5.02 Å². The normalized spacial score (nSPS) is 10.5. The number of carbonyl (C=O) groups is 1. The minimum absolute atomic E-state index is 0.122. The van der Waals surface area contributed by atoms with Crippen LogP contribution in [0.1, 0.15) is 10.4 Å². The molecule has 0 atom stereocenters. The van der Waals surface area contributed by atoms with Gasteiger partial charge < -0.3 is 15.8 Å². The molecule has 0 aliphatic rings. The smallest absolute Gasteiger partial charge is 0.387 e. The lowest BCUT2D eigenvalue weighted by atomic mass is 10.2. The van der Waals surface area contributed by atoms with Crippen molar-refractivity contribution in [1.82, 2.24) is 0 Å². The number of nitrogens with one attached hydrogen (secondary N) is 1. The van der Waals surface area contributed by atoms with Gasteiger partial charge in [0.25, 0.3) is 5.91 Å². The Kier molecular flexibility index (Phi) is 4.59. The molecule has 2 aromatic carbocycles. The topological polar surface area (TPSA) is 64.4 Å². The number of anilines is 2. The lowest BCUT2D eigenvalue weighted by Crippen LogP contribution is -2.14. The number of ether oxygens (including phenoxy) is 1. The number of hydrogen-bond acceptors (Lipinski definition) is 3. The Morgan fingerprint density at radius 3 is 2.62 bits per heavy atom. The number of nitrogens with two attached hydrogens (primary N) is 1. The van der Waals surface area contributed by atoms with Crippen molar-refractivity contribution in [3.05, 3.63) is 53.1 Å². The standard InChI is InChI=1S/C14H11ClF2N2O2/c15-9-6-5-8(7-10(9)18)13(20)19-11-3-1-2-4-12(11)21-14(16)17/h1-7,14H,18H2,(H,19,20). The maximum absolute atomic E-state index is 12.3. The predicted molar refractivity (Wildman–Crippen MR) is 76.9 cm³/mol. The van der Waals surface area contributed by atoms with E-state index in [4.69, 9.17) is 17.3 Å². The summed E-state index contributed by atoms with van der Waals surface area (Å²) in [6, 6.07) is 10.2. The highest BCUT2D eigenvalue weighted by atomic mass is 35.5. The van der Waals surface area contributed by atoms with Gasteiger partial charge in [-0.2, -0.15) is 8.78 Å². The Morgan fingerprint density at radius 2 is 1.95 bits per heavy atom. The van der Waals surface area contributed by atoms with Crippen LogP contribution >= 0.6 is 11.6 Å². The molecular weight excluding hydrogens is 302 g/mol. The van der Waals surface area contributed by atoms with Gasteiger partial charge in [0, 0.05) is 5.56 Å². The van der Waals surface area contributed by atoms with Crippen molar-refractivity contribution in [2.75, 3.05) is 11.1 Å². The summed E-state index contributed by atoms with van der Waals surface area (Å²) in [6.45, 7) is -2.98. The molecule has 21 heavy (non-hydrogen) atoms. The predicted octanol–water partition coefficient (Wildman–Crippen LogP) is 3.78. The van der Waals surface area contributed by atoms with E-state index in [1.807, 2.05) is 0 Å². The Morgan fingerprint density at radius 1 is 1.24 bits per heavy atom. The largest absolute Gasteiger partial charge is 0.433 e. The summed E-state index contributed by atoms with van der Waals surface area (Å²) in [5.74, 6) is -0.633. The Balaban J connectivity index is 2.21. The van der Waals surface area contributed by atoms with E-state index in [1.54, 1.807) is 6.07 Å². The van der Waals surface area contributed by atoms with E-state index in [9.17, 15) is 13.6 Å². The second-order valence-electron chi connectivity index (χ2n) is 4.07. The minimum atomic E-state index is -2.98. The second kappa shape index (κ2) is 6.41. The van der Waals surface area contributed by atoms with Crippen LogP contribution in [0.25, 0.3) is 0 Å². The summed E-state index contributed by atoms with van der Waals surface area (Å²) in [6.07, 6.45) is 0. The van der Waals surface area contributed by atoms with Crippen molar-refractivity contribution in [3.63, 3.8) is 0 Å². The van der Waals surface area contributed by atoms with Crippen LogP contribution in [0.5, 0.6) is 5.75 Å². The van der Waals surface area contributed by atoms with Gasteiger partial charge in [-0.3, -0.25) is 4.79 Å². The SMILES string of the molecule is Nc1cc(C(=O)Nc2ccccc2OC(F)F)ccc1Cl. The molecule has 0 aliphatic heterocycles. The van der Waals surface area contributed by atoms with Crippen molar-refractivity contribution in [2.24, 2.45) is 0 Å². The lowest BCUT2D eigenvalue weighted by molar-refractivity contribution is -0.0493. The van der Waals surface area contributed by atoms with Gasteiger partial charge in [-0.1, -0.05) is 23.7 Å². The molecule has 2 rings (SSSR count). The average Bonchev–Trinajstić information content (AvgIpc) is 2.43. The van der Waals surface area contributed by atoms with Crippen LogP contribution in [0.4, 0.5) is 20.2 Å². The number of para-hydroxylation sites is 2. The van der Waals surface area contributed by atoms with Crippen molar-refractivity contribution < 1.29 is 18.3 Å². The zero-order chi connectivity index (χ0) is 15.4. The summed E-state index contributed by atoms with van der Waals surface area (Å²) < 4.78 is 28.9. The summed E-state index contributed by atoms with van der Waals surface area (Å²) in [4.78, 5) is 12.1. The van der Waals surface area contributed by atoms with Gasteiger partial charge in [-0.05, 0) is 30.3 Å². The molecule has 110 valence electrons. The maximum atomic E-state index is 12.3. The quantitative estimate of drug-likeness (QED) is 0.845. The third-order valence-electron chi connectivity index (χ3n) is 2.61. The van der Waals surface area contributed by atoms with Gasteiger partial charge in [0.15, 0.2) is 0 Å². The van der Waals surface area contributed by atoms with Gasteiger partial charge in [-0.25, -0.2) is 0 Å². The molecule has 0 fully saturated rings. The molecule has 0 unspecified atom stereocenters. The number of nitrogen functional groups attached to an aromatic ring is 1. The Labute approximate surface area is 124 Å². The number of alkyl halides is 2. The first-order valence-corrected chi connectivity index (χ1v) is 6.25. The third kappa shape index (κ3) is 3.82. The molecule has 0 heterocycles. The molecule has 0 saturated heterocycles. The van der Waals surface area contributed by atoms with Crippen molar-refractivity contribution in [2.45, 2.75) is 6.61 Å². The van der Waals surface area contributed by atoms with Crippen LogP contribution in [0.2, 0.25) is 5.02 Å². The molecule has 1 amide bonds.